The van der Waals surface area contributed by atoms with E-state index in [4.69, 9.17) is 0 Å². The van der Waals surface area contributed by atoms with Gasteiger partial charge < -0.3 is 4.79 Å². The van der Waals surface area contributed by atoms with Crippen LogP contribution in [-0.2, 0) is 9.59 Å². The van der Waals surface area contributed by atoms with E-state index in [-0.39, 0.29) is 5.12 Å². The van der Waals surface area contributed by atoms with Crippen LogP contribution >= 0.6 is 11.8 Å². The van der Waals surface area contributed by atoms with Crippen molar-refractivity contribution in [2.75, 3.05) is 5.75 Å². The molecule has 3 heteroatoms. The van der Waals surface area contributed by atoms with Crippen molar-refractivity contribution in [3.8, 4) is 0 Å². The Hall–Kier alpha value is -0.310. The van der Waals surface area contributed by atoms with Crippen molar-refractivity contribution < 1.29 is 9.59 Å². The highest BCUT2D eigenvalue weighted by Crippen LogP contribution is 2.00. The molecule has 0 rings (SSSR count). The third kappa shape index (κ3) is 5.69. The molecule has 0 aromatic carbocycles. The van der Waals surface area contributed by atoms with Crippen LogP contribution in [-0.4, -0.2) is 17.2 Å². The van der Waals surface area contributed by atoms with Crippen LogP contribution in [0.15, 0.2) is 0 Å². The van der Waals surface area contributed by atoms with E-state index in [1.54, 1.807) is 0 Å². The molecule has 0 N–H and O–H groups in total. The minimum Gasteiger partial charge on any atom is -0.303 e. The SMILES string of the molecule is CC(=O)SCCC=O. The summed E-state index contributed by atoms with van der Waals surface area (Å²) in [6, 6.07) is 0. The third-order valence-corrected chi connectivity index (χ3v) is 1.39. The minimum atomic E-state index is 0.0758. The Labute approximate surface area is 52.6 Å². The maximum absolute atomic E-state index is 10.2. The molecule has 0 fully saturated rings. The van der Waals surface area contributed by atoms with Gasteiger partial charge in [0, 0.05) is 19.1 Å². The summed E-state index contributed by atoms with van der Waals surface area (Å²) in [7, 11) is 0. The van der Waals surface area contributed by atoms with Gasteiger partial charge in [0.25, 0.3) is 0 Å². The van der Waals surface area contributed by atoms with Gasteiger partial charge in [-0.3, -0.25) is 4.79 Å². The molecule has 0 aliphatic heterocycles. The molecule has 0 spiro atoms. The molecule has 0 unspecified atom stereocenters. The maximum atomic E-state index is 10.2. The van der Waals surface area contributed by atoms with Crippen molar-refractivity contribution in [2.45, 2.75) is 13.3 Å². The van der Waals surface area contributed by atoms with Crippen LogP contribution in [0.3, 0.4) is 0 Å². The van der Waals surface area contributed by atoms with Gasteiger partial charge >= 0.3 is 0 Å². The largest absolute Gasteiger partial charge is 0.303 e. The van der Waals surface area contributed by atoms with Crippen molar-refractivity contribution in [3.05, 3.63) is 0 Å². The Morgan fingerprint density at radius 2 is 2.38 bits per heavy atom. The van der Waals surface area contributed by atoms with Crippen molar-refractivity contribution >= 4 is 23.2 Å². The lowest BCUT2D eigenvalue weighted by Gasteiger charge is -1.86. The monoisotopic (exact) mass is 132 g/mol. The predicted molar refractivity (Wildman–Crippen MR) is 33.8 cm³/mol. The Balaban J connectivity index is 2.93. The molecule has 8 heavy (non-hydrogen) atoms. The van der Waals surface area contributed by atoms with Gasteiger partial charge in [0.1, 0.15) is 6.29 Å². The van der Waals surface area contributed by atoms with E-state index < -0.39 is 0 Å². The lowest BCUT2D eigenvalue weighted by molar-refractivity contribution is -0.109. The first kappa shape index (κ1) is 7.69. The second-order valence-electron chi connectivity index (χ2n) is 1.30. The van der Waals surface area contributed by atoms with Gasteiger partial charge in [0.05, 0.1) is 0 Å². The van der Waals surface area contributed by atoms with Crippen molar-refractivity contribution in [1.82, 2.24) is 0 Å². The number of rotatable bonds is 3. The molecular weight excluding hydrogens is 124 g/mol. The van der Waals surface area contributed by atoms with Gasteiger partial charge in [-0.1, -0.05) is 11.8 Å². The standard InChI is InChI=1S/C5H8O2S/c1-5(7)8-4-2-3-6/h3H,2,4H2,1H3. The van der Waals surface area contributed by atoms with Crippen LogP contribution in [0.5, 0.6) is 0 Å². The van der Waals surface area contributed by atoms with Gasteiger partial charge in [-0.05, 0) is 0 Å². The summed E-state index contributed by atoms with van der Waals surface area (Å²) in [4.78, 5) is 19.8. The average molecular weight is 132 g/mol. The lowest BCUT2D eigenvalue weighted by Crippen LogP contribution is -1.85. The Morgan fingerprint density at radius 1 is 1.75 bits per heavy atom. The summed E-state index contributed by atoms with van der Waals surface area (Å²) in [5.41, 5.74) is 0. The fraction of sp³-hybridized carbons (Fsp3) is 0.600. The first-order valence-corrected chi connectivity index (χ1v) is 3.33. The van der Waals surface area contributed by atoms with Gasteiger partial charge in [-0.25, -0.2) is 0 Å². The molecule has 0 aliphatic carbocycles. The average Bonchev–Trinajstić information content (AvgIpc) is 1.66. The van der Waals surface area contributed by atoms with Gasteiger partial charge in [0.15, 0.2) is 5.12 Å². The van der Waals surface area contributed by atoms with Crippen LogP contribution in [0, 0.1) is 0 Å². The fourth-order valence-corrected chi connectivity index (χ4v) is 0.752. The molecule has 0 aliphatic rings. The maximum Gasteiger partial charge on any atom is 0.185 e. The molecule has 0 heterocycles. The topological polar surface area (TPSA) is 34.1 Å². The first-order valence-electron chi connectivity index (χ1n) is 2.34. The predicted octanol–water partition coefficient (Wildman–Crippen LogP) is 0.855. The van der Waals surface area contributed by atoms with Crippen LogP contribution in [0.1, 0.15) is 13.3 Å². The van der Waals surface area contributed by atoms with E-state index in [1.165, 1.54) is 18.7 Å². The summed E-state index contributed by atoms with van der Waals surface area (Å²) < 4.78 is 0. The molecule has 0 aromatic heterocycles. The zero-order valence-electron chi connectivity index (χ0n) is 4.72. The highest BCUT2D eigenvalue weighted by molar-refractivity contribution is 8.13. The second kappa shape index (κ2) is 4.84. The van der Waals surface area contributed by atoms with Crippen molar-refractivity contribution in [1.29, 1.82) is 0 Å². The van der Waals surface area contributed by atoms with E-state index >= 15 is 0 Å². The summed E-state index contributed by atoms with van der Waals surface area (Å²) >= 11 is 1.19. The molecule has 0 atom stereocenters. The van der Waals surface area contributed by atoms with Crippen LogP contribution in [0.2, 0.25) is 0 Å². The molecule has 2 nitrogen and oxygen atoms in total. The summed E-state index contributed by atoms with van der Waals surface area (Å²) in [5, 5.41) is 0.0758. The summed E-state index contributed by atoms with van der Waals surface area (Å²) in [6.45, 7) is 1.50. The molecule has 0 saturated heterocycles. The Morgan fingerprint density at radius 3 is 2.75 bits per heavy atom. The van der Waals surface area contributed by atoms with Crippen LogP contribution in [0.25, 0.3) is 0 Å². The number of carbonyl (C=O) groups is 2. The fourth-order valence-electron chi connectivity index (χ4n) is 0.251. The number of hydrogen-bond acceptors (Lipinski definition) is 3. The third-order valence-electron chi connectivity index (χ3n) is 0.541. The number of aldehydes is 1. The molecule has 46 valence electrons. The zero-order chi connectivity index (χ0) is 6.41. The number of thioether (sulfide) groups is 1. The molecule has 0 saturated carbocycles. The summed E-state index contributed by atoms with van der Waals surface area (Å²) in [6.07, 6.45) is 1.29. The molecule has 0 bridgehead atoms. The van der Waals surface area contributed by atoms with E-state index in [0.29, 0.717) is 12.2 Å². The minimum absolute atomic E-state index is 0.0758. The zero-order valence-corrected chi connectivity index (χ0v) is 5.53. The quantitative estimate of drug-likeness (QED) is 0.422. The molecule has 0 amide bonds. The van der Waals surface area contributed by atoms with E-state index in [2.05, 4.69) is 0 Å². The lowest BCUT2D eigenvalue weighted by atomic mass is 10.6. The molecule has 0 aromatic rings. The van der Waals surface area contributed by atoms with E-state index in [1.807, 2.05) is 0 Å². The highest BCUT2D eigenvalue weighted by Gasteiger charge is 1.90. The Kier molecular flexibility index (Phi) is 4.65. The highest BCUT2D eigenvalue weighted by atomic mass is 32.2. The van der Waals surface area contributed by atoms with Gasteiger partial charge in [-0.15, -0.1) is 0 Å². The number of carbonyl (C=O) groups excluding carboxylic acids is 2. The molecule has 0 radical (unpaired) electrons. The molecular formula is C5H8O2S. The Bertz CT molecular complexity index is 90.4. The summed E-state index contributed by atoms with van der Waals surface area (Å²) in [5.74, 6) is 0.624. The number of hydrogen-bond donors (Lipinski definition) is 0. The van der Waals surface area contributed by atoms with Crippen molar-refractivity contribution in [2.24, 2.45) is 0 Å². The van der Waals surface area contributed by atoms with Gasteiger partial charge in [0.2, 0.25) is 0 Å². The van der Waals surface area contributed by atoms with Crippen molar-refractivity contribution in [3.63, 3.8) is 0 Å². The second-order valence-corrected chi connectivity index (χ2v) is 2.57. The smallest absolute Gasteiger partial charge is 0.185 e. The van der Waals surface area contributed by atoms with Gasteiger partial charge in [-0.2, -0.15) is 0 Å². The van der Waals surface area contributed by atoms with E-state index in [9.17, 15) is 9.59 Å². The van der Waals surface area contributed by atoms with Crippen LogP contribution < -0.4 is 0 Å². The van der Waals surface area contributed by atoms with E-state index in [0.717, 1.165) is 6.29 Å². The normalized spacial score (nSPS) is 8.62. The first-order chi connectivity index (χ1) is 3.77. The van der Waals surface area contributed by atoms with Crippen LogP contribution in [0.4, 0.5) is 0 Å².